The average molecular weight is 254 g/mol. The molecule has 1 aliphatic rings. The molecular weight excluding hydrogens is 239 g/mol. The summed E-state index contributed by atoms with van der Waals surface area (Å²) in [5.41, 5.74) is 0. The Morgan fingerprint density at radius 2 is 2.08 bits per heavy atom. The molecule has 1 aromatic rings. The minimum absolute atomic E-state index is 0.796. The van der Waals surface area contributed by atoms with Gasteiger partial charge in [0.15, 0.2) is 0 Å². The van der Waals surface area contributed by atoms with Gasteiger partial charge in [-0.2, -0.15) is 0 Å². The summed E-state index contributed by atoms with van der Waals surface area (Å²) >= 11 is -1.88. The molecule has 1 aromatic carbocycles. The van der Waals surface area contributed by atoms with Crippen LogP contribution in [0.25, 0.3) is 0 Å². The second kappa shape index (κ2) is 3.67. The molecule has 0 aliphatic carbocycles. The Morgan fingerprint density at radius 3 is 2.62 bits per heavy atom. The molecule has 2 rings (SSSR count). The molecule has 0 bridgehead atoms. The van der Waals surface area contributed by atoms with E-state index in [0.717, 1.165) is 5.25 Å². The van der Waals surface area contributed by atoms with Crippen molar-refractivity contribution >= 4 is 26.8 Å². The van der Waals surface area contributed by atoms with Crippen LogP contribution in [-0.4, -0.2) is 24.1 Å². The van der Waals surface area contributed by atoms with Gasteiger partial charge in [-0.1, -0.05) is 0 Å². The monoisotopic (exact) mass is 255 g/mol. The van der Waals surface area contributed by atoms with Crippen LogP contribution >= 0.6 is 10.1 Å². The van der Waals surface area contributed by atoms with Crippen molar-refractivity contribution in [3.63, 3.8) is 0 Å². The van der Waals surface area contributed by atoms with Crippen LogP contribution in [0.2, 0.25) is 5.76 Å². The Kier molecular flexibility index (Phi) is 2.72. The third kappa shape index (κ3) is 1.95. The van der Waals surface area contributed by atoms with Crippen molar-refractivity contribution < 1.29 is 0 Å². The quantitative estimate of drug-likeness (QED) is 0.765. The van der Waals surface area contributed by atoms with Gasteiger partial charge in [0.05, 0.1) is 0 Å². The molecule has 0 radical (unpaired) electrons. The molecule has 13 heavy (non-hydrogen) atoms. The molecule has 0 saturated carbocycles. The summed E-state index contributed by atoms with van der Waals surface area (Å²) in [4.78, 5) is 0. The zero-order valence-corrected chi connectivity index (χ0v) is 11.0. The van der Waals surface area contributed by atoms with E-state index in [9.17, 15) is 0 Å². The minimum atomic E-state index is -1.88. The van der Waals surface area contributed by atoms with Crippen molar-refractivity contribution in [3.05, 3.63) is 30.3 Å². The molecule has 0 spiro atoms. The van der Waals surface area contributed by atoms with Gasteiger partial charge in [0.2, 0.25) is 0 Å². The van der Waals surface area contributed by atoms with Gasteiger partial charge in [-0.05, 0) is 0 Å². The van der Waals surface area contributed by atoms with Gasteiger partial charge in [-0.15, -0.1) is 0 Å². The van der Waals surface area contributed by atoms with E-state index in [1.807, 2.05) is 0 Å². The molecule has 1 N–H and O–H groups in total. The zero-order valence-electron chi connectivity index (χ0n) is 8.08. The van der Waals surface area contributed by atoms with Crippen LogP contribution in [0.5, 0.6) is 0 Å². The first-order valence-corrected chi connectivity index (χ1v) is 12.3. The van der Waals surface area contributed by atoms with Gasteiger partial charge in [0, 0.05) is 0 Å². The van der Waals surface area contributed by atoms with Crippen LogP contribution in [0.1, 0.15) is 6.92 Å². The Morgan fingerprint density at radius 1 is 1.38 bits per heavy atom. The predicted molar refractivity (Wildman–Crippen MR) is 62.7 cm³/mol. The summed E-state index contributed by atoms with van der Waals surface area (Å²) < 4.78 is 5.32. The van der Waals surface area contributed by atoms with Crippen LogP contribution in [0.4, 0.5) is 0 Å². The number of hydrogen-bond donors (Lipinski definition) is 1. The van der Waals surface area contributed by atoms with Crippen LogP contribution in [0.3, 0.4) is 0 Å². The van der Waals surface area contributed by atoms with Gasteiger partial charge < -0.3 is 0 Å². The van der Waals surface area contributed by atoms with Gasteiger partial charge >= 0.3 is 85.9 Å². The first kappa shape index (κ1) is 9.62. The van der Waals surface area contributed by atoms with E-state index >= 15 is 0 Å². The van der Waals surface area contributed by atoms with E-state index in [-0.39, 0.29) is 0 Å². The Bertz CT molecular complexity index is 290. The van der Waals surface area contributed by atoms with Crippen LogP contribution < -0.4 is 8.67 Å². The SMILES string of the molecule is CC1C[NH][Ge]([CH3])([c]2ccccc2)[S]1. The molecule has 2 unspecified atom stereocenters. The van der Waals surface area contributed by atoms with E-state index in [1.165, 1.54) is 6.54 Å². The Hall–Kier alpha value is 0.0729. The van der Waals surface area contributed by atoms with Crippen molar-refractivity contribution in [1.82, 2.24) is 4.27 Å². The van der Waals surface area contributed by atoms with Crippen molar-refractivity contribution in [2.75, 3.05) is 6.54 Å². The predicted octanol–water partition coefficient (Wildman–Crippen LogP) is 1.69. The first-order valence-electron chi connectivity index (χ1n) is 4.69. The molecule has 1 heterocycles. The van der Waals surface area contributed by atoms with Crippen molar-refractivity contribution in [1.29, 1.82) is 0 Å². The molecule has 70 valence electrons. The fourth-order valence-electron chi connectivity index (χ4n) is 1.75. The maximum absolute atomic E-state index is 3.75. The second-order valence-electron chi connectivity index (χ2n) is 3.71. The van der Waals surface area contributed by atoms with E-state index in [2.05, 4.69) is 57.4 Å². The number of nitrogens with one attached hydrogen (secondary N) is 1. The number of rotatable bonds is 1. The molecule has 1 saturated heterocycles. The summed E-state index contributed by atoms with van der Waals surface area (Å²) in [5.74, 6) is 2.45. The molecule has 1 nitrogen and oxygen atoms in total. The van der Waals surface area contributed by atoms with E-state index in [4.69, 9.17) is 0 Å². The van der Waals surface area contributed by atoms with Crippen molar-refractivity contribution in [3.8, 4) is 0 Å². The summed E-state index contributed by atoms with van der Waals surface area (Å²) in [6.45, 7) is 3.51. The summed E-state index contributed by atoms with van der Waals surface area (Å²) in [6.07, 6.45) is 0. The molecule has 0 aromatic heterocycles. The second-order valence-corrected chi connectivity index (χ2v) is 16.8. The maximum atomic E-state index is 3.75. The Labute approximate surface area is 85.9 Å². The summed E-state index contributed by atoms with van der Waals surface area (Å²) in [5, 5.41) is 0.796. The third-order valence-corrected chi connectivity index (χ3v) is 15.9. The van der Waals surface area contributed by atoms with E-state index < -0.39 is 12.3 Å². The normalized spacial score (nSPS) is 33.5. The number of benzene rings is 1. The van der Waals surface area contributed by atoms with Crippen LogP contribution in [0.15, 0.2) is 30.3 Å². The molecule has 1 fully saturated rings. The fraction of sp³-hybridized carbons (Fsp3) is 0.400. The Balaban J connectivity index is 2.26. The van der Waals surface area contributed by atoms with Gasteiger partial charge in [-0.3, -0.25) is 0 Å². The molecule has 1 aliphatic heterocycles. The van der Waals surface area contributed by atoms with E-state index in [1.54, 1.807) is 4.40 Å². The van der Waals surface area contributed by atoms with Crippen molar-refractivity contribution in [2.24, 2.45) is 0 Å². The summed E-state index contributed by atoms with van der Waals surface area (Å²) in [7, 11) is 2.20. The molecule has 0 amide bonds. The zero-order chi connectivity index (χ0) is 9.31. The summed E-state index contributed by atoms with van der Waals surface area (Å²) in [6, 6.07) is 10.9. The van der Waals surface area contributed by atoms with Gasteiger partial charge in [0.1, 0.15) is 0 Å². The first-order chi connectivity index (χ1) is 6.21. The molecule has 2 atom stereocenters. The standard InChI is InChI=1S/C10H15GeNS/c1-9-8-12-11(2,13-9)10-6-4-3-5-7-10/h3-7,9,12H,8H2,1-2H3. The molecular formula is C10H15GeNS. The van der Waals surface area contributed by atoms with Gasteiger partial charge in [0.25, 0.3) is 0 Å². The van der Waals surface area contributed by atoms with Crippen molar-refractivity contribution in [2.45, 2.75) is 17.9 Å². The molecule has 3 heteroatoms. The fourth-order valence-corrected chi connectivity index (χ4v) is 15.0. The third-order valence-electron chi connectivity index (χ3n) is 2.49. The van der Waals surface area contributed by atoms with Crippen LogP contribution in [-0.2, 0) is 0 Å². The van der Waals surface area contributed by atoms with Gasteiger partial charge in [-0.25, -0.2) is 0 Å². The average Bonchev–Trinajstić information content (AvgIpc) is 2.49. The van der Waals surface area contributed by atoms with Crippen LogP contribution in [0, 0.1) is 0 Å². The van der Waals surface area contributed by atoms with E-state index in [0.29, 0.717) is 0 Å². The topological polar surface area (TPSA) is 12.0 Å². The number of hydrogen-bond acceptors (Lipinski definition) is 2.